The Morgan fingerprint density at radius 2 is 1.68 bits per heavy atom. The van der Waals surface area contributed by atoms with Crippen LogP contribution in [0.15, 0.2) is 48.5 Å². The van der Waals surface area contributed by atoms with Crippen LogP contribution in [0.3, 0.4) is 0 Å². The molecular weight excluding hydrogens is 314 g/mol. The van der Waals surface area contributed by atoms with Gasteiger partial charge in [-0.05, 0) is 36.5 Å². The fourth-order valence-corrected chi connectivity index (χ4v) is 4.27. The molecule has 0 bridgehead atoms. The van der Waals surface area contributed by atoms with Crippen molar-refractivity contribution in [3.05, 3.63) is 69.8 Å². The molecule has 5 heteroatoms. The first kappa shape index (κ1) is 16.1. The molecular formula is C20H23N3O2. The van der Waals surface area contributed by atoms with E-state index in [2.05, 4.69) is 34.1 Å². The Bertz CT molecular complexity index is 769. The minimum Gasteiger partial charge on any atom is -0.363 e. The Balaban J connectivity index is 1.49. The van der Waals surface area contributed by atoms with Crippen molar-refractivity contribution in [1.82, 2.24) is 4.90 Å². The zero-order valence-electron chi connectivity index (χ0n) is 14.3. The monoisotopic (exact) mass is 337 g/mol. The number of para-hydroxylation sites is 2. The summed E-state index contributed by atoms with van der Waals surface area (Å²) in [5.74, 6) is 0. The standard InChI is InChI=1S/C20H23N3O2/c24-23(25)20-10-4-3-9-19(20)22-14-12-21(13-15-22)18-11-5-7-16-6-1-2-8-17(16)18/h1-4,6,8-10,18H,5,7,11-15H2/t18-/m1/s1. The van der Waals surface area contributed by atoms with Crippen LogP contribution in [0.1, 0.15) is 30.0 Å². The van der Waals surface area contributed by atoms with Gasteiger partial charge in [-0.3, -0.25) is 15.0 Å². The smallest absolute Gasteiger partial charge is 0.292 e. The summed E-state index contributed by atoms with van der Waals surface area (Å²) in [4.78, 5) is 15.7. The van der Waals surface area contributed by atoms with Gasteiger partial charge in [-0.1, -0.05) is 36.4 Å². The highest BCUT2D eigenvalue weighted by molar-refractivity contribution is 5.63. The molecule has 1 atom stereocenters. The molecule has 0 radical (unpaired) electrons. The van der Waals surface area contributed by atoms with E-state index in [1.807, 2.05) is 12.1 Å². The number of piperazine rings is 1. The van der Waals surface area contributed by atoms with Crippen LogP contribution in [0.5, 0.6) is 0 Å². The van der Waals surface area contributed by atoms with Gasteiger partial charge in [0.2, 0.25) is 0 Å². The molecule has 25 heavy (non-hydrogen) atoms. The molecule has 0 saturated carbocycles. The van der Waals surface area contributed by atoms with Crippen molar-refractivity contribution in [3.8, 4) is 0 Å². The summed E-state index contributed by atoms with van der Waals surface area (Å²) in [6.45, 7) is 3.57. The topological polar surface area (TPSA) is 49.6 Å². The molecule has 1 fully saturated rings. The summed E-state index contributed by atoms with van der Waals surface area (Å²) in [6, 6.07) is 16.4. The normalized spacial score (nSPS) is 21.0. The number of nitro benzene ring substituents is 1. The molecule has 1 aliphatic carbocycles. The molecule has 4 rings (SSSR count). The van der Waals surface area contributed by atoms with Gasteiger partial charge in [-0.15, -0.1) is 0 Å². The maximum absolute atomic E-state index is 11.3. The number of nitrogens with zero attached hydrogens (tertiary/aromatic N) is 3. The fourth-order valence-electron chi connectivity index (χ4n) is 4.27. The lowest BCUT2D eigenvalue weighted by atomic mass is 9.86. The summed E-state index contributed by atoms with van der Waals surface area (Å²) >= 11 is 0. The van der Waals surface area contributed by atoms with Crippen molar-refractivity contribution in [3.63, 3.8) is 0 Å². The Morgan fingerprint density at radius 3 is 2.48 bits per heavy atom. The number of hydrogen-bond acceptors (Lipinski definition) is 4. The SMILES string of the molecule is O=[N+]([O-])c1ccccc1N1CCN([C@@H]2CCCc3ccccc32)CC1. The molecule has 0 unspecified atom stereocenters. The van der Waals surface area contributed by atoms with E-state index >= 15 is 0 Å². The molecule has 2 aromatic rings. The maximum Gasteiger partial charge on any atom is 0.292 e. The van der Waals surface area contributed by atoms with E-state index < -0.39 is 0 Å². The quantitative estimate of drug-likeness (QED) is 0.631. The molecule has 1 saturated heterocycles. The Morgan fingerprint density at radius 1 is 0.960 bits per heavy atom. The Hall–Kier alpha value is -2.40. The van der Waals surface area contributed by atoms with E-state index in [9.17, 15) is 10.1 Å². The summed E-state index contributed by atoms with van der Waals surface area (Å²) < 4.78 is 0. The second kappa shape index (κ2) is 6.84. The molecule has 0 amide bonds. The van der Waals surface area contributed by atoms with E-state index in [1.54, 1.807) is 12.1 Å². The molecule has 2 aliphatic rings. The van der Waals surface area contributed by atoms with Gasteiger partial charge in [0.25, 0.3) is 5.69 Å². The first-order chi connectivity index (χ1) is 12.2. The van der Waals surface area contributed by atoms with E-state index in [4.69, 9.17) is 0 Å². The first-order valence-corrected chi connectivity index (χ1v) is 9.04. The number of benzene rings is 2. The molecule has 0 N–H and O–H groups in total. The predicted molar refractivity (Wildman–Crippen MR) is 99.0 cm³/mol. The zero-order chi connectivity index (χ0) is 17.2. The van der Waals surface area contributed by atoms with Crippen molar-refractivity contribution in [2.24, 2.45) is 0 Å². The number of nitro groups is 1. The molecule has 2 aromatic carbocycles. The molecule has 5 nitrogen and oxygen atoms in total. The number of aryl methyl sites for hydroxylation is 1. The van der Waals surface area contributed by atoms with Crippen LogP contribution in [-0.2, 0) is 6.42 Å². The van der Waals surface area contributed by atoms with Crippen LogP contribution >= 0.6 is 0 Å². The lowest BCUT2D eigenvalue weighted by Gasteiger charge is -2.42. The van der Waals surface area contributed by atoms with Crippen molar-refractivity contribution >= 4 is 11.4 Å². The van der Waals surface area contributed by atoms with Gasteiger partial charge in [-0.2, -0.15) is 0 Å². The molecule has 1 heterocycles. The van der Waals surface area contributed by atoms with Crippen LogP contribution in [0, 0.1) is 10.1 Å². The van der Waals surface area contributed by atoms with Crippen molar-refractivity contribution in [1.29, 1.82) is 0 Å². The average molecular weight is 337 g/mol. The number of hydrogen-bond donors (Lipinski definition) is 0. The van der Waals surface area contributed by atoms with Gasteiger partial charge < -0.3 is 4.90 Å². The average Bonchev–Trinajstić information content (AvgIpc) is 2.68. The maximum atomic E-state index is 11.3. The van der Waals surface area contributed by atoms with E-state index in [0.29, 0.717) is 6.04 Å². The van der Waals surface area contributed by atoms with Gasteiger partial charge in [0.15, 0.2) is 0 Å². The van der Waals surface area contributed by atoms with Gasteiger partial charge in [0.05, 0.1) is 4.92 Å². The lowest BCUT2D eigenvalue weighted by Crippen LogP contribution is -2.48. The fraction of sp³-hybridized carbons (Fsp3) is 0.400. The van der Waals surface area contributed by atoms with Crippen LogP contribution in [-0.4, -0.2) is 36.0 Å². The predicted octanol–water partition coefficient (Wildman–Crippen LogP) is 3.79. The van der Waals surface area contributed by atoms with Crippen LogP contribution in [0.4, 0.5) is 11.4 Å². The number of anilines is 1. The highest BCUT2D eigenvalue weighted by Gasteiger charge is 2.30. The Labute approximate surface area is 148 Å². The molecule has 130 valence electrons. The first-order valence-electron chi connectivity index (χ1n) is 9.04. The molecule has 0 aromatic heterocycles. The third kappa shape index (κ3) is 3.12. The van der Waals surface area contributed by atoms with Gasteiger partial charge >= 0.3 is 0 Å². The zero-order valence-corrected chi connectivity index (χ0v) is 14.3. The summed E-state index contributed by atoms with van der Waals surface area (Å²) in [5.41, 5.74) is 3.92. The Kier molecular flexibility index (Phi) is 4.40. The van der Waals surface area contributed by atoms with Crippen molar-refractivity contribution in [2.75, 3.05) is 31.1 Å². The third-order valence-corrected chi connectivity index (χ3v) is 5.51. The molecule has 0 spiro atoms. The van der Waals surface area contributed by atoms with Gasteiger partial charge in [0, 0.05) is 38.3 Å². The highest BCUT2D eigenvalue weighted by Crippen LogP contribution is 2.36. The number of rotatable bonds is 3. The summed E-state index contributed by atoms with van der Waals surface area (Å²) in [6.07, 6.45) is 3.64. The van der Waals surface area contributed by atoms with Crippen LogP contribution in [0.25, 0.3) is 0 Å². The van der Waals surface area contributed by atoms with Crippen LogP contribution in [0.2, 0.25) is 0 Å². The second-order valence-corrected chi connectivity index (χ2v) is 6.88. The van der Waals surface area contributed by atoms with Gasteiger partial charge in [0.1, 0.15) is 5.69 Å². The van der Waals surface area contributed by atoms with Crippen molar-refractivity contribution in [2.45, 2.75) is 25.3 Å². The van der Waals surface area contributed by atoms with Crippen molar-refractivity contribution < 1.29 is 4.92 Å². The van der Waals surface area contributed by atoms with E-state index in [-0.39, 0.29) is 10.6 Å². The number of fused-ring (bicyclic) bond motifs is 1. The van der Waals surface area contributed by atoms with E-state index in [1.165, 1.54) is 30.4 Å². The second-order valence-electron chi connectivity index (χ2n) is 6.88. The minimum atomic E-state index is -0.279. The summed E-state index contributed by atoms with van der Waals surface area (Å²) in [5, 5.41) is 11.3. The van der Waals surface area contributed by atoms with Gasteiger partial charge in [-0.25, -0.2) is 0 Å². The third-order valence-electron chi connectivity index (χ3n) is 5.51. The largest absolute Gasteiger partial charge is 0.363 e. The van der Waals surface area contributed by atoms with Crippen LogP contribution < -0.4 is 4.90 Å². The minimum absolute atomic E-state index is 0.207. The highest BCUT2D eigenvalue weighted by atomic mass is 16.6. The summed E-state index contributed by atoms with van der Waals surface area (Å²) in [7, 11) is 0. The lowest BCUT2D eigenvalue weighted by molar-refractivity contribution is -0.384. The van der Waals surface area contributed by atoms with E-state index in [0.717, 1.165) is 31.9 Å². The molecule has 1 aliphatic heterocycles.